The fraction of sp³-hybridized carbons (Fsp3) is 0.545. The summed E-state index contributed by atoms with van der Waals surface area (Å²) in [6, 6.07) is 0. The smallest absolute Gasteiger partial charge is 0.303 e. The molecule has 1 aromatic rings. The fourth-order valence-electron chi connectivity index (χ4n) is 2.06. The predicted octanol–water partition coefficient (Wildman–Crippen LogP) is 1.47. The van der Waals surface area contributed by atoms with E-state index in [0.717, 1.165) is 6.42 Å². The van der Waals surface area contributed by atoms with Gasteiger partial charge in [-0.25, -0.2) is 4.98 Å². The molecule has 1 unspecified atom stereocenters. The lowest BCUT2D eigenvalue weighted by Crippen LogP contribution is -2.28. The third-order valence-corrected chi connectivity index (χ3v) is 3.58. The van der Waals surface area contributed by atoms with Gasteiger partial charge in [0.05, 0.1) is 5.51 Å². The van der Waals surface area contributed by atoms with E-state index < -0.39 is 5.97 Å². The standard InChI is InChI=1S/C11H14N2O3S/c14-10(15)2-1-8-3-4-13(5-8)11(16)9-6-17-7-12-9/h6-8H,1-5H2,(H,14,15). The van der Waals surface area contributed by atoms with Gasteiger partial charge in [-0.2, -0.15) is 0 Å². The van der Waals surface area contributed by atoms with Crippen molar-refractivity contribution in [3.05, 3.63) is 16.6 Å². The van der Waals surface area contributed by atoms with Crippen LogP contribution in [-0.2, 0) is 4.79 Å². The van der Waals surface area contributed by atoms with Crippen LogP contribution in [-0.4, -0.2) is 40.0 Å². The van der Waals surface area contributed by atoms with E-state index in [0.29, 0.717) is 31.1 Å². The minimum atomic E-state index is -0.769. The molecule has 1 atom stereocenters. The number of aromatic nitrogens is 1. The highest BCUT2D eigenvalue weighted by Crippen LogP contribution is 2.22. The highest BCUT2D eigenvalue weighted by atomic mass is 32.1. The number of carboxylic acids is 1. The second-order valence-electron chi connectivity index (χ2n) is 4.21. The van der Waals surface area contributed by atoms with Crippen molar-refractivity contribution < 1.29 is 14.7 Å². The molecule has 17 heavy (non-hydrogen) atoms. The Balaban J connectivity index is 1.85. The molecule has 2 heterocycles. The van der Waals surface area contributed by atoms with Gasteiger partial charge in [0.1, 0.15) is 5.69 Å². The Hall–Kier alpha value is -1.43. The average molecular weight is 254 g/mol. The van der Waals surface area contributed by atoms with Crippen molar-refractivity contribution in [2.24, 2.45) is 5.92 Å². The summed E-state index contributed by atoms with van der Waals surface area (Å²) in [7, 11) is 0. The largest absolute Gasteiger partial charge is 0.481 e. The second-order valence-corrected chi connectivity index (χ2v) is 4.93. The van der Waals surface area contributed by atoms with E-state index in [4.69, 9.17) is 5.11 Å². The van der Waals surface area contributed by atoms with Gasteiger partial charge >= 0.3 is 5.97 Å². The third kappa shape index (κ3) is 3.03. The average Bonchev–Trinajstić information content (AvgIpc) is 2.97. The van der Waals surface area contributed by atoms with Gasteiger partial charge in [0.15, 0.2) is 0 Å². The molecule has 1 N–H and O–H groups in total. The quantitative estimate of drug-likeness (QED) is 0.883. The van der Waals surface area contributed by atoms with Gasteiger partial charge < -0.3 is 10.0 Å². The zero-order valence-electron chi connectivity index (χ0n) is 9.33. The minimum Gasteiger partial charge on any atom is -0.481 e. The molecule has 1 amide bonds. The van der Waals surface area contributed by atoms with Gasteiger partial charge in [-0.3, -0.25) is 9.59 Å². The molecule has 0 aliphatic carbocycles. The maximum Gasteiger partial charge on any atom is 0.303 e. The SMILES string of the molecule is O=C(O)CCC1CCN(C(=O)c2cscn2)C1. The predicted molar refractivity (Wildman–Crippen MR) is 63.0 cm³/mol. The zero-order valence-corrected chi connectivity index (χ0v) is 10.2. The number of nitrogens with zero attached hydrogens (tertiary/aromatic N) is 2. The van der Waals surface area contributed by atoms with Crippen molar-refractivity contribution in [1.82, 2.24) is 9.88 Å². The summed E-state index contributed by atoms with van der Waals surface area (Å²) in [4.78, 5) is 28.2. The van der Waals surface area contributed by atoms with Gasteiger partial charge in [-0.05, 0) is 18.8 Å². The van der Waals surface area contributed by atoms with Crippen LogP contribution in [0, 0.1) is 5.92 Å². The Morgan fingerprint density at radius 2 is 2.41 bits per heavy atom. The summed E-state index contributed by atoms with van der Waals surface area (Å²) < 4.78 is 0. The van der Waals surface area contributed by atoms with Crippen molar-refractivity contribution in [1.29, 1.82) is 0 Å². The highest BCUT2D eigenvalue weighted by molar-refractivity contribution is 7.07. The van der Waals surface area contributed by atoms with Gasteiger partial charge in [0.2, 0.25) is 0 Å². The zero-order chi connectivity index (χ0) is 12.3. The van der Waals surface area contributed by atoms with E-state index in [1.165, 1.54) is 11.3 Å². The van der Waals surface area contributed by atoms with Crippen LogP contribution in [0.15, 0.2) is 10.9 Å². The second kappa shape index (κ2) is 5.27. The topological polar surface area (TPSA) is 70.5 Å². The molecule has 1 aliphatic heterocycles. The number of likely N-dealkylation sites (tertiary alicyclic amines) is 1. The molecule has 1 aliphatic rings. The molecule has 5 nitrogen and oxygen atoms in total. The number of carbonyl (C=O) groups excluding carboxylic acids is 1. The van der Waals surface area contributed by atoms with Crippen LogP contribution < -0.4 is 0 Å². The normalized spacial score (nSPS) is 19.5. The molecule has 1 saturated heterocycles. The number of hydrogen-bond acceptors (Lipinski definition) is 4. The van der Waals surface area contributed by atoms with Crippen molar-refractivity contribution in [3.8, 4) is 0 Å². The number of rotatable bonds is 4. The molecule has 1 fully saturated rings. The minimum absolute atomic E-state index is 0.0379. The molecule has 0 bridgehead atoms. The number of carboxylic acid groups (broad SMARTS) is 1. The summed E-state index contributed by atoms with van der Waals surface area (Å²) in [5.41, 5.74) is 2.14. The Morgan fingerprint density at radius 3 is 3.06 bits per heavy atom. The molecule has 1 aromatic heterocycles. The first-order valence-electron chi connectivity index (χ1n) is 5.56. The summed E-state index contributed by atoms with van der Waals surface area (Å²) in [6.45, 7) is 1.37. The Bertz CT molecular complexity index is 405. The molecule has 92 valence electrons. The van der Waals surface area contributed by atoms with E-state index in [2.05, 4.69) is 4.98 Å². The van der Waals surface area contributed by atoms with Gasteiger partial charge in [0, 0.05) is 24.9 Å². The van der Waals surface area contributed by atoms with Crippen LogP contribution in [0.4, 0.5) is 0 Å². The third-order valence-electron chi connectivity index (χ3n) is 2.99. The molecule has 2 rings (SSSR count). The van der Waals surface area contributed by atoms with E-state index in [-0.39, 0.29) is 12.3 Å². The van der Waals surface area contributed by atoms with E-state index in [1.807, 2.05) is 0 Å². The molecule has 6 heteroatoms. The lowest BCUT2D eigenvalue weighted by atomic mass is 10.0. The van der Waals surface area contributed by atoms with Crippen molar-refractivity contribution >= 4 is 23.2 Å². The van der Waals surface area contributed by atoms with E-state index in [9.17, 15) is 9.59 Å². The summed E-state index contributed by atoms with van der Waals surface area (Å²) >= 11 is 1.41. The Kier molecular flexibility index (Phi) is 3.73. The lowest BCUT2D eigenvalue weighted by molar-refractivity contribution is -0.137. The molecular weight excluding hydrogens is 240 g/mol. The first-order chi connectivity index (χ1) is 8.16. The lowest BCUT2D eigenvalue weighted by Gasteiger charge is -2.14. The number of carbonyl (C=O) groups is 2. The Morgan fingerprint density at radius 1 is 1.59 bits per heavy atom. The first kappa shape index (κ1) is 12.0. The summed E-state index contributed by atoms with van der Waals surface area (Å²) in [5, 5.41) is 10.4. The van der Waals surface area contributed by atoms with Gasteiger partial charge in [-0.15, -0.1) is 11.3 Å². The number of thiazole rings is 1. The van der Waals surface area contributed by atoms with E-state index >= 15 is 0 Å². The van der Waals surface area contributed by atoms with Crippen LogP contribution in [0.25, 0.3) is 0 Å². The van der Waals surface area contributed by atoms with Crippen molar-refractivity contribution in [2.45, 2.75) is 19.3 Å². The molecule has 0 saturated carbocycles. The Labute approximate surface area is 103 Å². The van der Waals surface area contributed by atoms with Crippen LogP contribution >= 0.6 is 11.3 Å². The molecule has 0 radical (unpaired) electrons. The number of hydrogen-bond donors (Lipinski definition) is 1. The highest BCUT2D eigenvalue weighted by Gasteiger charge is 2.27. The monoisotopic (exact) mass is 254 g/mol. The number of amides is 1. The molecular formula is C11H14N2O3S. The van der Waals surface area contributed by atoms with Crippen LogP contribution in [0.2, 0.25) is 0 Å². The molecule has 0 spiro atoms. The van der Waals surface area contributed by atoms with Crippen molar-refractivity contribution in [3.63, 3.8) is 0 Å². The van der Waals surface area contributed by atoms with Crippen molar-refractivity contribution in [2.75, 3.05) is 13.1 Å². The van der Waals surface area contributed by atoms with Crippen LogP contribution in [0.3, 0.4) is 0 Å². The molecule has 0 aromatic carbocycles. The van der Waals surface area contributed by atoms with Gasteiger partial charge in [0.25, 0.3) is 5.91 Å². The number of aliphatic carboxylic acids is 1. The maximum atomic E-state index is 11.9. The fourth-order valence-corrected chi connectivity index (χ4v) is 2.59. The first-order valence-corrected chi connectivity index (χ1v) is 6.50. The van der Waals surface area contributed by atoms with Gasteiger partial charge in [-0.1, -0.05) is 0 Å². The summed E-state index contributed by atoms with van der Waals surface area (Å²) in [5.74, 6) is -0.493. The summed E-state index contributed by atoms with van der Waals surface area (Å²) in [6.07, 6.45) is 1.72. The van der Waals surface area contributed by atoms with E-state index in [1.54, 1.807) is 15.8 Å². The maximum absolute atomic E-state index is 11.9. The van der Waals surface area contributed by atoms with Crippen LogP contribution in [0.5, 0.6) is 0 Å². The van der Waals surface area contributed by atoms with Crippen LogP contribution in [0.1, 0.15) is 29.8 Å².